The summed E-state index contributed by atoms with van der Waals surface area (Å²) in [5.74, 6) is -1.20. The average molecular weight is 251 g/mol. The number of anilines is 1. The molecule has 0 aliphatic carbocycles. The van der Waals surface area contributed by atoms with Crippen LogP contribution in [-0.2, 0) is 14.3 Å². The molecule has 1 aromatic rings. The molecule has 1 amide bonds. The predicted octanol–water partition coefficient (Wildman–Crippen LogP) is 0.325. The summed E-state index contributed by atoms with van der Waals surface area (Å²) in [6, 6.07) is 2.07. The molecular formula is C12H17N3O3. The molecule has 0 radical (unpaired) electrons. The first-order valence-electron chi connectivity index (χ1n) is 5.75. The van der Waals surface area contributed by atoms with Crippen molar-refractivity contribution in [2.75, 3.05) is 18.1 Å². The van der Waals surface area contributed by atoms with E-state index in [2.05, 4.69) is 4.98 Å². The molecule has 6 nitrogen and oxygen atoms in total. The van der Waals surface area contributed by atoms with Gasteiger partial charge in [0.05, 0.1) is 6.61 Å². The third-order valence-corrected chi connectivity index (χ3v) is 2.36. The van der Waals surface area contributed by atoms with Gasteiger partial charge in [-0.2, -0.15) is 0 Å². The number of nitrogens with two attached hydrogens (primary N) is 1. The molecule has 0 fully saturated rings. The van der Waals surface area contributed by atoms with Gasteiger partial charge in [-0.1, -0.05) is 0 Å². The molecule has 18 heavy (non-hydrogen) atoms. The fraction of sp³-hybridized carbons (Fsp3) is 0.417. The Kier molecular flexibility index (Phi) is 5.26. The lowest BCUT2D eigenvalue weighted by Crippen LogP contribution is -2.49. The molecule has 6 heteroatoms. The number of amides is 1. The Balaban J connectivity index is 2.83. The quantitative estimate of drug-likeness (QED) is 0.602. The van der Waals surface area contributed by atoms with Crippen molar-refractivity contribution in [3.05, 3.63) is 24.5 Å². The van der Waals surface area contributed by atoms with E-state index in [1.807, 2.05) is 0 Å². The van der Waals surface area contributed by atoms with Crippen LogP contribution >= 0.6 is 0 Å². The first-order chi connectivity index (χ1) is 8.61. The van der Waals surface area contributed by atoms with Crippen LogP contribution in [0.25, 0.3) is 0 Å². The molecule has 0 spiro atoms. The summed E-state index contributed by atoms with van der Waals surface area (Å²) in [6.07, 6.45) is 3.14. The van der Waals surface area contributed by atoms with Gasteiger partial charge in [-0.3, -0.25) is 9.78 Å². The first kappa shape index (κ1) is 14.1. The Bertz CT molecular complexity index is 408. The molecule has 0 aliphatic rings. The third-order valence-electron chi connectivity index (χ3n) is 2.36. The van der Waals surface area contributed by atoms with Gasteiger partial charge in [-0.05, 0) is 26.0 Å². The van der Waals surface area contributed by atoms with E-state index in [1.165, 1.54) is 4.90 Å². The zero-order chi connectivity index (χ0) is 13.5. The monoisotopic (exact) mass is 251 g/mol. The Morgan fingerprint density at radius 1 is 1.39 bits per heavy atom. The van der Waals surface area contributed by atoms with E-state index in [4.69, 9.17) is 10.5 Å². The van der Waals surface area contributed by atoms with E-state index in [1.54, 1.807) is 38.4 Å². The van der Waals surface area contributed by atoms with Gasteiger partial charge in [0.25, 0.3) is 5.91 Å². The van der Waals surface area contributed by atoms with Crippen molar-refractivity contribution in [2.45, 2.75) is 19.9 Å². The highest BCUT2D eigenvalue weighted by molar-refractivity contribution is 6.09. The zero-order valence-corrected chi connectivity index (χ0v) is 10.5. The molecule has 98 valence electrons. The predicted molar refractivity (Wildman–Crippen MR) is 66.9 cm³/mol. The normalized spacial score (nSPS) is 11.7. The maximum atomic E-state index is 12.1. The number of likely N-dealkylation sites (N-methyl/N-ethyl adjacent to an activating group) is 1. The molecule has 0 aliphatic heterocycles. The summed E-state index contributed by atoms with van der Waals surface area (Å²) in [6.45, 7) is 4.07. The molecule has 1 unspecified atom stereocenters. The standard InChI is InChI=1S/C12H17N3O3/c1-3-15(9-5-7-14-8-6-9)11(16)10(13)12(17)18-4-2/h5-8,10H,3-4,13H2,1-2H3. The average Bonchev–Trinajstić information content (AvgIpc) is 2.40. The Hall–Kier alpha value is -1.95. The SMILES string of the molecule is CCOC(=O)C(N)C(=O)N(CC)c1ccncc1. The smallest absolute Gasteiger partial charge is 0.332 e. The van der Waals surface area contributed by atoms with Gasteiger partial charge in [0.15, 0.2) is 6.04 Å². The van der Waals surface area contributed by atoms with Gasteiger partial charge >= 0.3 is 5.97 Å². The van der Waals surface area contributed by atoms with Crippen LogP contribution < -0.4 is 10.6 Å². The molecule has 1 aromatic heterocycles. The number of nitrogens with zero attached hydrogens (tertiary/aromatic N) is 2. The fourth-order valence-electron chi connectivity index (χ4n) is 1.49. The molecule has 0 saturated carbocycles. The van der Waals surface area contributed by atoms with E-state index >= 15 is 0 Å². The number of carbonyl (C=O) groups is 2. The first-order valence-corrected chi connectivity index (χ1v) is 5.75. The van der Waals surface area contributed by atoms with Crippen molar-refractivity contribution >= 4 is 17.6 Å². The summed E-state index contributed by atoms with van der Waals surface area (Å²) in [7, 11) is 0. The molecule has 1 rings (SSSR count). The maximum Gasteiger partial charge on any atom is 0.332 e. The Morgan fingerprint density at radius 2 is 2.00 bits per heavy atom. The Morgan fingerprint density at radius 3 is 2.50 bits per heavy atom. The van der Waals surface area contributed by atoms with E-state index in [9.17, 15) is 9.59 Å². The van der Waals surface area contributed by atoms with Gasteiger partial charge in [-0.15, -0.1) is 0 Å². The molecule has 1 atom stereocenters. The van der Waals surface area contributed by atoms with E-state index < -0.39 is 17.9 Å². The van der Waals surface area contributed by atoms with Gasteiger partial charge < -0.3 is 15.4 Å². The lowest BCUT2D eigenvalue weighted by Gasteiger charge is -2.23. The van der Waals surface area contributed by atoms with E-state index in [0.717, 1.165) is 0 Å². The van der Waals surface area contributed by atoms with Crippen LogP contribution in [-0.4, -0.2) is 36.1 Å². The molecule has 0 bridgehead atoms. The van der Waals surface area contributed by atoms with Crippen LogP contribution in [0.4, 0.5) is 5.69 Å². The number of hydrogen-bond donors (Lipinski definition) is 1. The van der Waals surface area contributed by atoms with Crippen LogP contribution in [0.5, 0.6) is 0 Å². The number of pyridine rings is 1. The van der Waals surface area contributed by atoms with Crippen LogP contribution in [0.2, 0.25) is 0 Å². The van der Waals surface area contributed by atoms with Gasteiger partial charge in [0.1, 0.15) is 0 Å². The zero-order valence-electron chi connectivity index (χ0n) is 10.5. The van der Waals surface area contributed by atoms with Crippen molar-refractivity contribution < 1.29 is 14.3 Å². The van der Waals surface area contributed by atoms with Crippen molar-refractivity contribution in [1.82, 2.24) is 4.98 Å². The molecule has 2 N–H and O–H groups in total. The highest BCUT2D eigenvalue weighted by Gasteiger charge is 2.28. The summed E-state index contributed by atoms with van der Waals surface area (Å²) < 4.78 is 4.73. The summed E-state index contributed by atoms with van der Waals surface area (Å²) >= 11 is 0. The highest BCUT2D eigenvalue weighted by atomic mass is 16.5. The minimum Gasteiger partial charge on any atom is -0.464 e. The summed E-state index contributed by atoms with van der Waals surface area (Å²) in [5.41, 5.74) is 6.23. The fourth-order valence-corrected chi connectivity index (χ4v) is 1.49. The van der Waals surface area contributed by atoms with Crippen molar-refractivity contribution in [3.8, 4) is 0 Å². The Labute approximate surface area is 106 Å². The second kappa shape index (κ2) is 6.70. The second-order valence-corrected chi connectivity index (χ2v) is 3.52. The van der Waals surface area contributed by atoms with Crippen LogP contribution in [0, 0.1) is 0 Å². The second-order valence-electron chi connectivity index (χ2n) is 3.52. The van der Waals surface area contributed by atoms with E-state index in [0.29, 0.717) is 12.2 Å². The molecule has 1 heterocycles. The lowest BCUT2D eigenvalue weighted by molar-refractivity contribution is -0.147. The number of ether oxygens (including phenoxy) is 1. The highest BCUT2D eigenvalue weighted by Crippen LogP contribution is 2.13. The lowest BCUT2D eigenvalue weighted by atomic mass is 10.2. The third kappa shape index (κ3) is 3.27. The van der Waals surface area contributed by atoms with Crippen LogP contribution in [0.3, 0.4) is 0 Å². The van der Waals surface area contributed by atoms with Crippen LogP contribution in [0.15, 0.2) is 24.5 Å². The topological polar surface area (TPSA) is 85.5 Å². The molecule has 0 saturated heterocycles. The summed E-state index contributed by atoms with van der Waals surface area (Å²) in [5, 5.41) is 0. The number of esters is 1. The van der Waals surface area contributed by atoms with Gasteiger partial charge in [0, 0.05) is 24.6 Å². The van der Waals surface area contributed by atoms with Crippen molar-refractivity contribution in [1.29, 1.82) is 0 Å². The van der Waals surface area contributed by atoms with Gasteiger partial charge in [0.2, 0.25) is 0 Å². The maximum absolute atomic E-state index is 12.1. The summed E-state index contributed by atoms with van der Waals surface area (Å²) in [4.78, 5) is 28.8. The van der Waals surface area contributed by atoms with E-state index in [-0.39, 0.29) is 6.61 Å². The largest absolute Gasteiger partial charge is 0.464 e. The molecular weight excluding hydrogens is 234 g/mol. The van der Waals surface area contributed by atoms with Crippen molar-refractivity contribution in [3.63, 3.8) is 0 Å². The number of rotatable bonds is 5. The van der Waals surface area contributed by atoms with Gasteiger partial charge in [-0.25, -0.2) is 4.79 Å². The number of carbonyl (C=O) groups excluding carboxylic acids is 2. The van der Waals surface area contributed by atoms with Crippen molar-refractivity contribution in [2.24, 2.45) is 5.73 Å². The number of aromatic nitrogens is 1. The van der Waals surface area contributed by atoms with Crippen LogP contribution in [0.1, 0.15) is 13.8 Å². The number of hydrogen-bond acceptors (Lipinski definition) is 5. The molecule has 0 aromatic carbocycles. The minimum atomic E-state index is -1.29. The minimum absolute atomic E-state index is 0.196.